The van der Waals surface area contributed by atoms with Gasteiger partial charge in [0.2, 0.25) is 0 Å². The van der Waals surface area contributed by atoms with E-state index in [0.717, 1.165) is 70.6 Å². The van der Waals surface area contributed by atoms with Crippen LogP contribution in [0.2, 0.25) is 0 Å². The van der Waals surface area contributed by atoms with Gasteiger partial charge in [0.05, 0.1) is 0 Å². The van der Waals surface area contributed by atoms with Crippen LogP contribution in [-0.2, 0) is 28.6 Å². The maximum atomic E-state index is 12.9. The lowest BCUT2D eigenvalue weighted by Gasteiger charge is -2.18. The fraction of sp³-hybridized carbons (Fsp3) is 0.885. The van der Waals surface area contributed by atoms with Crippen molar-refractivity contribution in [2.75, 3.05) is 13.2 Å². The predicted molar refractivity (Wildman–Crippen MR) is 289 cm³/mol. The molecule has 0 aliphatic carbocycles. The molecule has 0 fully saturated rings. The van der Waals surface area contributed by atoms with Crippen molar-refractivity contribution in [3.8, 4) is 0 Å². The second kappa shape index (κ2) is 56.5. The summed E-state index contributed by atoms with van der Waals surface area (Å²) >= 11 is 0. The van der Waals surface area contributed by atoms with E-state index in [1.807, 2.05) is 0 Å². The van der Waals surface area contributed by atoms with Crippen LogP contribution in [0.15, 0.2) is 24.3 Å². The quantitative estimate of drug-likeness (QED) is 0.0262. The minimum absolute atomic E-state index is 0.0727. The van der Waals surface area contributed by atoms with Gasteiger partial charge in [0.1, 0.15) is 13.2 Å². The van der Waals surface area contributed by atoms with Crippen LogP contribution < -0.4 is 0 Å². The molecule has 0 radical (unpaired) electrons. The van der Waals surface area contributed by atoms with Crippen molar-refractivity contribution < 1.29 is 28.6 Å². The number of esters is 3. The molecule has 0 aromatic rings. The van der Waals surface area contributed by atoms with Gasteiger partial charge in [-0.05, 0) is 70.6 Å². The van der Waals surface area contributed by atoms with E-state index in [4.69, 9.17) is 14.2 Å². The Morgan fingerprint density at radius 1 is 0.284 bits per heavy atom. The minimum atomic E-state index is -0.775. The molecular formula is C61H114O6. The minimum Gasteiger partial charge on any atom is -0.462 e. The van der Waals surface area contributed by atoms with E-state index >= 15 is 0 Å². The van der Waals surface area contributed by atoms with Crippen LogP contribution in [0.1, 0.15) is 329 Å². The monoisotopic (exact) mass is 943 g/mol. The second-order valence-electron chi connectivity index (χ2n) is 20.3. The Kier molecular flexibility index (Phi) is 54.7. The van der Waals surface area contributed by atoms with Crippen LogP contribution in [0.25, 0.3) is 0 Å². The molecule has 0 aliphatic rings. The largest absolute Gasteiger partial charge is 0.462 e. The average molecular weight is 944 g/mol. The van der Waals surface area contributed by atoms with Crippen LogP contribution in [0.5, 0.6) is 0 Å². The van der Waals surface area contributed by atoms with Gasteiger partial charge in [-0.25, -0.2) is 0 Å². The van der Waals surface area contributed by atoms with Gasteiger partial charge in [0, 0.05) is 19.3 Å². The molecule has 1 unspecified atom stereocenters. The molecule has 0 aromatic carbocycles. The Bertz CT molecular complexity index is 1080. The Hall–Kier alpha value is -2.11. The maximum Gasteiger partial charge on any atom is 0.306 e. The molecule has 6 nitrogen and oxygen atoms in total. The van der Waals surface area contributed by atoms with E-state index in [-0.39, 0.29) is 31.1 Å². The van der Waals surface area contributed by atoms with Crippen molar-refractivity contribution in [3.63, 3.8) is 0 Å². The van der Waals surface area contributed by atoms with Crippen molar-refractivity contribution >= 4 is 17.9 Å². The van der Waals surface area contributed by atoms with Crippen molar-refractivity contribution in [3.05, 3.63) is 24.3 Å². The molecule has 394 valence electrons. The molecule has 67 heavy (non-hydrogen) atoms. The zero-order valence-electron chi connectivity index (χ0n) is 45.2. The van der Waals surface area contributed by atoms with Gasteiger partial charge >= 0.3 is 17.9 Å². The number of unbranched alkanes of at least 4 members (excludes halogenated alkanes) is 40. The standard InChI is InChI=1S/C61H114O6/c1-4-7-10-13-16-19-22-25-27-29-31-33-34-36-39-42-45-48-51-54-60(63)66-57-58(56-65-59(62)53-50-47-44-41-38-24-21-18-15-12-9-6-3)67-61(64)55-52-49-46-43-40-37-35-32-30-28-26-23-20-17-14-11-8-5-2/h18,21,32,35,58H,4-17,19-20,22-31,33-34,36-57H2,1-3H3/b21-18-,35-32-. The molecule has 0 saturated carbocycles. The SMILES string of the molecule is CCCCC/C=C\CCCCCCCC(=O)OCC(COC(=O)CCCCCCCCCCCCCCCCCCCCC)OC(=O)CCCCCCC/C=C\CCCCCCCCCCC. The summed E-state index contributed by atoms with van der Waals surface area (Å²) in [6.45, 7) is 6.65. The van der Waals surface area contributed by atoms with Gasteiger partial charge in [-0.1, -0.05) is 263 Å². The first-order chi connectivity index (χ1) is 33.0. The normalized spacial score (nSPS) is 12.1. The van der Waals surface area contributed by atoms with Gasteiger partial charge in [0.25, 0.3) is 0 Å². The number of ether oxygens (including phenoxy) is 3. The molecule has 0 amide bonds. The van der Waals surface area contributed by atoms with Crippen LogP contribution >= 0.6 is 0 Å². The van der Waals surface area contributed by atoms with Gasteiger partial charge in [0.15, 0.2) is 6.10 Å². The molecule has 0 N–H and O–H groups in total. The number of allylic oxidation sites excluding steroid dienone is 4. The zero-order valence-corrected chi connectivity index (χ0v) is 45.2. The lowest BCUT2D eigenvalue weighted by atomic mass is 10.0. The van der Waals surface area contributed by atoms with Crippen LogP contribution in [0, 0.1) is 0 Å². The van der Waals surface area contributed by atoms with E-state index in [9.17, 15) is 14.4 Å². The summed E-state index contributed by atoms with van der Waals surface area (Å²) in [4.78, 5) is 38.1. The molecule has 0 rings (SSSR count). The number of rotatable bonds is 55. The number of carbonyl (C=O) groups is 3. The highest BCUT2D eigenvalue weighted by molar-refractivity contribution is 5.71. The number of carbonyl (C=O) groups excluding carboxylic acids is 3. The molecule has 0 saturated heterocycles. The van der Waals surface area contributed by atoms with Gasteiger partial charge < -0.3 is 14.2 Å². The smallest absolute Gasteiger partial charge is 0.306 e. The van der Waals surface area contributed by atoms with Gasteiger partial charge in [-0.3, -0.25) is 14.4 Å². The predicted octanol–water partition coefficient (Wildman–Crippen LogP) is 19.9. The van der Waals surface area contributed by atoms with E-state index in [2.05, 4.69) is 45.1 Å². The average Bonchev–Trinajstić information content (AvgIpc) is 3.33. The van der Waals surface area contributed by atoms with E-state index in [1.165, 1.54) is 218 Å². The summed E-state index contributed by atoms with van der Waals surface area (Å²) in [5.74, 6) is -0.870. The maximum absolute atomic E-state index is 12.9. The molecule has 0 bridgehead atoms. The first-order valence-electron chi connectivity index (χ1n) is 29.8. The van der Waals surface area contributed by atoms with Crippen LogP contribution in [-0.4, -0.2) is 37.2 Å². The topological polar surface area (TPSA) is 78.9 Å². The first-order valence-corrected chi connectivity index (χ1v) is 29.8. The Morgan fingerprint density at radius 3 is 0.776 bits per heavy atom. The number of hydrogen-bond donors (Lipinski definition) is 0. The first kappa shape index (κ1) is 64.9. The fourth-order valence-corrected chi connectivity index (χ4v) is 8.91. The molecule has 0 spiro atoms. The summed E-state index contributed by atoms with van der Waals surface area (Å²) < 4.78 is 16.9. The Morgan fingerprint density at radius 2 is 0.493 bits per heavy atom. The highest BCUT2D eigenvalue weighted by Crippen LogP contribution is 2.17. The summed E-state index contributed by atoms with van der Waals surface area (Å²) in [5, 5.41) is 0. The summed E-state index contributed by atoms with van der Waals surface area (Å²) in [5.41, 5.74) is 0. The molecule has 6 heteroatoms. The highest BCUT2D eigenvalue weighted by atomic mass is 16.6. The lowest BCUT2D eigenvalue weighted by molar-refractivity contribution is -0.167. The lowest BCUT2D eigenvalue weighted by Crippen LogP contribution is -2.30. The third kappa shape index (κ3) is 54.7. The van der Waals surface area contributed by atoms with Crippen molar-refractivity contribution in [1.29, 1.82) is 0 Å². The third-order valence-corrected chi connectivity index (χ3v) is 13.4. The summed E-state index contributed by atoms with van der Waals surface area (Å²) in [7, 11) is 0. The van der Waals surface area contributed by atoms with Crippen LogP contribution in [0.3, 0.4) is 0 Å². The van der Waals surface area contributed by atoms with E-state index in [1.54, 1.807) is 0 Å². The summed E-state index contributed by atoms with van der Waals surface area (Å²) in [6, 6.07) is 0. The van der Waals surface area contributed by atoms with Crippen molar-refractivity contribution in [2.45, 2.75) is 335 Å². The molecule has 1 atom stereocenters. The third-order valence-electron chi connectivity index (χ3n) is 13.4. The van der Waals surface area contributed by atoms with Crippen molar-refractivity contribution in [2.24, 2.45) is 0 Å². The van der Waals surface area contributed by atoms with E-state index < -0.39 is 6.10 Å². The fourth-order valence-electron chi connectivity index (χ4n) is 8.91. The second-order valence-corrected chi connectivity index (χ2v) is 20.3. The summed E-state index contributed by atoms with van der Waals surface area (Å²) in [6.07, 6.45) is 66.0. The highest BCUT2D eigenvalue weighted by Gasteiger charge is 2.19. The molecule has 0 heterocycles. The van der Waals surface area contributed by atoms with E-state index in [0.29, 0.717) is 19.3 Å². The molecule has 0 aromatic heterocycles. The molecular weight excluding hydrogens is 829 g/mol. The molecule has 0 aliphatic heterocycles. The van der Waals surface area contributed by atoms with Crippen molar-refractivity contribution in [1.82, 2.24) is 0 Å². The Balaban J connectivity index is 4.30. The Labute approximate surface area is 417 Å². The van der Waals surface area contributed by atoms with Crippen LogP contribution in [0.4, 0.5) is 0 Å². The zero-order chi connectivity index (χ0) is 48.6. The van der Waals surface area contributed by atoms with Gasteiger partial charge in [-0.2, -0.15) is 0 Å². The number of hydrogen-bond acceptors (Lipinski definition) is 6. The van der Waals surface area contributed by atoms with Gasteiger partial charge in [-0.15, -0.1) is 0 Å².